The Morgan fingerprint density at radius 1 is 1.69 bits per heavy atom. The van der Waals surface area contributed by atoms with Gasteiger partial charge in [0.1, 0.15) is 0 Å². The van der Waals surface area contributed by atoms with Gasteiger partial charge in [-0.2, -0.15) is 5.06 Å². The number of nitrogens with zero attached hydrogens (tertiary/aromatic N) is 2. The first kappa shape index (κ1) is 8.15. The number of hydroxylamine groups is 1. The molecular formula is C8H9N3O2. The molecule has 2 heterocycles. The molecule has 3 N–H and O–H groups in total. The Bertz CT molecular complexity index is 353. The highest BCUT2D eigenvalue weighted by Gasteiger charge is 2.29. The fourth-order valence-corrected chi connectivity index (χ4v) is 1.35. The summed E-state index contributed by atoms with van der Waals surface area (Å²) < 4.78 is 0. The van der Waals surface area contributed by atoms with E-state index in [0.29, 0.717) is 22.9 Å². The fourth-order valence-electron chi connectivity index (χ4n) is 1.35. The number of carbonyl (C=O) groups excluding carboxylic acids is 1. The highest BCUT2D eigenvalue weighted by Crippen LogP contribution is 2.23. The van der Waals surface area contributed by atoms with Crippen LogP contribution in [0.15, 0.2) is 18.3 Å². The second-order valence-corrected chi connectivity index (χ2v) is 2.93. The number of rotatable bonds is 0. The first-order chi connectivity index (χ1) is 6.20. The molecule has 1 aliphatic rings. The van der Waals surface area contributed by atoms with E-state index >= 15 is 0 Å². The van der Waals surface area contributed by atoms with Gasteiger partial charge in [-0.1, -0.05) is 0 Å². The molecule has 2 rings (SSSR count). The van der Waals surface area contributed by atoms with Crippen LogP contribution in [-0.4, -0.2) is 22.1 Å². The van der Waals surface area contributed by atoms with Gasteiger partial charge in [-0.25, -0.2) is 0 Å². The third kappa shape index (κ3) is 1.18. The third-order valence-electron chi connectivity index (χ3n) is 2.03. The van der Waals surface area contributed by atoms with Crippen molar-refractivity contribution in [2.75, 3.05) is 5.06 Å². The summed E-state index contributed by atoms with van der Waals surface area (Å²) in [5, 5.41) is 9.93. The van der Waals surface area contributed by atoms with Crippen LogP contribution in [0.1, 0.15) is 5.69 Å². The summed E-state index contributed by atoms with van der Waals surface area (Å²) in [5.41, 5.74) is 6.57. The van der Waals surface area contributed by atoms with Gasteiger partial charge in [0.25, 0.3) is 5.91 Å². The SMILES string of the molecule is NC1Cc2ncccc2N(O)C1=O. The Labute approximate surface area is 74.7 Å². The summed E-state index contributed by atoms with van der Waals surface area (Å²) >= 11 is 0. The lowest BCUT2D eigenvalue weighted by Gasteiger charge is -2.26. The number of anilines is 1. The Morgan fingerprint density at radius 3 is 3.23 bits per heavy atom. The monoisotopic (exact) mass is 179 g/mol. The molecule has 0 spiro atoms. The Balaban J connectivity index is 2.49. The van der Waals surface area contributed by atoms with Crippen molar-refractivity contribution >= 4 is 11.6 Å². The van der Waals surface area contributed by atoms with E-state index in [2.05, 4.69) is 4.98 Å². The number of fused-ring (bicyclic) bond motifs is 1. The average Bonchev–Trinajstić information content (AvgIpc) is 2.15. The first-order valence-corrected chi connectivity index (χ1v) is 3.92. The molecule has 0 aromatic carbocycles. The summed E-state index contributed by atoms with van der Waals surface area (Å²) in [6.45, 7) is 0. The van der Waals surface area contributed by atoms with Crippen LogP contribution in [0.25, 0.3) is 0 Å². The van der Waals surface area contributed by atoms with Crippen molar-refractivity contribution in [3.05, 3.63) is 24.0 Å². The molecule has 1 aromatic rings. The van der Waals surface area contributed by atoms with Crippen molar-refractivity contribution in [2.24, 2.45) is 5.73 Å². The van der Waals surface area contributed by atoms with Gasteiger partial charge in [0, 0.05) is 12.6 Å². The lowest BCUT2D eigenvalue weighted by atomic mass is 10.0. The molecule has 5 heteroatoms. The second-order valence-electron chi connectivity index (χ2n) is 2.93. The van der Waals surface area contributed by atoms with E-state index in [9.17, 15) is 10.0 Å². The van der Waals surface area contributed by atoms with Gasteiger partial charge in [-0.15, -0.1) is 0 Å². The standard InChI is InChI=1S/C8H9N3O2/c9-5-4-6-7(2-1-3-10-6)11(13)8(5)12/h1-3,5,13H,4,9H2. The maximum absolute atomic E-state index is 11.2. The molecule has 1 unspecified atom stereocenters. The molecule has 1 aromatic heterocycles. The minimum absolute atomic E-state index is 0.381. The van der Waals surface area contributed by atoms with Crippen LogP contribution in [0.4, 0.5) is 5.69 Å². The van der Waals surface area contributed by atoms with E-state index < -0.39 is 11.9 Å². The van der Waals surface area contributed by atoms with E-state index in [0.717, 1.165) is 0 Å². The lowest BCUT2D eigenvalue weighted by Crippen LogP contribution is -2.47. The maximum atomic E-state index is 11.2. The van der Waals surface area contributed by atoms with Gasteiger partial charge in [0.2, 0.25) is 0 Å². The minimum Gasteiger partial charge on any atom is -0.319 e. The van der Waals surface area contributed by atoms with Crippen LogP contribution in [0.3, 0.4) is 0 Å². The third-order valence-corrected chi connectivity index (χ3v) is 2.03. The molecule has 5 nitrogen and oxygen atoms in total. The van der Waals surface area contributed by atoms with Gasteiger partial charge in [-0.05, 0) is 12.1 Å². The number of pyridine rings is 1. The van der Waals surface area contributed by atoms with Crippen molar-refractivity contribution in [3.8, 4) is 0 Å². The van der Waals surface area contributed by atoms with Crippen LogP contribution in [0.5, 0.6) is 0 Å². The van der Waals surface area contributed by atoms with E-state index in [1.165, 1.54) is 0 Å². The Kier molecular flexibility index (Phi) is 1.75. The molecule has 1 aliphatic heterocycles. The van der Waals surface area contributed by atoms with Crippen molar-refractivity contribution in [3.63, 3.8) is 0 Å². The van der Waals surface area contributed by atoms with Crippen LogP contribution in [-0.2, 0) is 11.2 Å². The number of hydrogen-bond acceptors (Lipinski definition) is 4. The minimum atomic E-state index is -0.688. The summed E-state index contributed by atoms with van der Waals surface area (Å²) in [5.74, 6) is -0.486. The average molecular weight is 179 g/mol. The Morgan fingerprint density at radius 2 is 2.46 bits per heavy atom. The van der Waals surface area contributed by atoms with E-state index in [4.69, 9.17) is 5.73 Å². The number of nitrogens with two attached hydrogens (primary N) is 1. The molecule has 0 bridgehead atoms. The predicted octanol–water partition coefficient (Wildman–Crippen LogP) is -0.313. The maximum Gasteiger partial charge on any atom is 0.268 e. The van der Waals surface area contributed by atoms with Gasteiger partial charge in [0.05, 0.1) is 17.4 Å². The summed E-state index contributed by atoms with van der Waals surface area (Å²) in [6.07, 6.45) is 1.99. The molecule has 68 valence electrons. The van der Waals surface area contributed by atoms with E-state index in [-0.39, 0.29) is 0 Å². The first-order valence-electron chi connectivity index (χ1n) is 3.92. The molecule has 13 heavy (non-hydrogen) atoms. The summed E-state index contributed by atoms with van der Waals surface area (Å²) in [4.78, 5) is 15.2. The molecule has 1 amide bonds. The number of aromatic nitrogens is 1. The largest absolute Gasteiger partial charge is 0.319 e. The van der Waals surface area contributed by atoms with Gasteiger partial charge < -0.3 is 5.73 Å². The van der Waals surface area contributed by atoms with Crippen molar-refractivity contribution in [2.45, 2.75) is 12.5 Å². The van der Waals surface area contributed by atoms with Gasteiger partial charge in [-0.3, -0.25) is 15.0 Å². The Hall–Kier alpha value is -1.46. The van der Waals surface area contributed by atoms with E-state index in [1.54, 1.807) is 18.3 Å². The number of amides is 1. The number of hydrogen-bond donors (Lipinski definition) is 2. The van der Waals surface area contributed by atoms with Crippen molar-refractivity contribution in [1.29, 1.82) is 0 Å². The zero-order valence-electron chi connectivity index (χ0n) is 6.84. The van der Waals surface area contributed by atoms with Crippen molar-refractivity contribution < 1.29 is 10.0 Å². The molecule has 0 saturated heterocycles. The zero-order chi connectivity index (χ0) is 9.42. The topological polar surface area (TPSA) is 79.4 Å². The number of carbonyl (C=O) groups is 1. The highest BCUT2D eigenvalue weighted by molar-refractivity contribution is 5.97. The predicted molar refractivity (Wildman–Crippen MR) is 45.2 cm³/mol. The second kappa shape index (κ2) is 2.79. The van der Waals surface area contributed by atoms with Crippen LogP contribution < -0.4 is 10.8 Å². The smallest absolute Gasteiger partial charge is 0.268 e. The zero-order valence-corrected chi connectivity index (χ0v) is 6.84. The van der Waals surface area contributed by atoms with Crippen LogP contribution >= 0.6 is 0 Å². The molecule has 0 aliphatic carbocycles. The lowest BCUT2D eigenvalue weighted by molar-refractivity contribution is -0.125. The quantitative estimate of drug-likeness (QED) is 0.535. The normalized spacial score (nSPS) is 21.5. The molecular weight excluding hydrogens is 170 g/mol. The van der Waals surface area contributed by atoms with E-state index in [1.807, 2.05) is 0 Å². The molecule has 1 atom stereocenters. The van der Waals surface area contributed by atoms with Gasteiger partial charge in [0.15, 0.2) is 0 Å². The fraction of sp³-hybridized carbons (Fsp3) is 0.250. The van der Waals surface area contributed by atoms with Crippen LogP contribution in [0, 0.1) is 0 Å². The molecule has 0 fully saturated rings. The van der Waals surface area contributed by atoms with Crippen LogP contribution in [0.2, 0.25) is 0 Å². The molecule has 0 saturated carbocycles. The molecule has 0 radical (unpaired) electrons. The van der Waals surface area contributed by atoms with Crippen molar-refractivity contribution in [1.82, 2.24) is 4.98 Å². The summed E-state index contributed by atoms with van der Waals surface area (Å²) in [6, 6.07) is 2.60. The highest BCUT2D eigenvalue weighted by atomic mass is 16.5. The van der Waals surface area contributed by atoms with Gasteiger partial charge >= 0.3 is 0 Å². The summed E-state index contributed by atoms with van der Waals surface area (Å²) in [7, 11) is 0.